The molecule has 0 aliphatic heterocycles. The number of aliphatic hydroxyl groups is 2. The zero-order chi connectivity index (χ0) is 10.4. The number of rotatable bonds is 8. The van der Waals surface area contributed by atoms with E-state index in [0.29, 0.717) is 6.54 Å². The van der Waals surface area contributed by atoms with Crippen LogP contribution in [0.15, 0.2) is 0 Å². The number of nitrogens with zero attached hydrogens (tertiary/aromatic N) is 1. The lowest BCUT2D eigenvalue weighted by molar-refractivity contribution is 0.0937. The van der Waals surface area contributed by atoms with E-state index < -0.39 is 6.10 Å². The second kappa shape index (κ2) is 6.35. The first kappa shape index (κ1) is 11.9. The molecule has 0 spiro atoms. The van der Waals surface area contributed by atoms with Crippen molar-refractivity contribution in [3.05, 3.63) is 0 Å². The van der Waals surface area contributed by atoms with Crippen LogP contribution < -0.4 is 5.32 Å². The highest BCUT2D eigenvalue weighted by atomic mass is 16.3. The molecule has 84 valence electrons. The normalized spacial score (nSPS) is 18.9. The van der Waals surface area contributed by atoms with Crippen LogP contribution in [0.5, 0.6) is 0 Å². The molecule has 1 unspecified atom stereocenters. The molecule has 4 heteroatoms. The van der Waals surface area contributed by atoms with E-state index in [9.17, 15) is 0 Å². The lowest BCUT2D eigenvalue weighted by Gasteiger charge is -2.20. The summed E-state index contributed by atoms with van der Waals surface area (Å²) in [5.74, 6) is 0. The molecule has 3 N–H and O–H groups in total. The van der Waals surface area contributed by atoms with E-state index in [1.165, 1.54) is 12.8 Å². The van der Waals surface area contributed by atoms with E-state index in [4.69, 9.17) is 10.2 Å². The summed E-state index contributed by atoms with van der Waals surface area (Å²) in [7, 11) is 0. The SMILES string of the molecule is CCN(CCNCC(O)CO)C1CC1. The van der Waals surface area contributed by atoms with Crippen molar-refractivity contribution < 1.29 is 10.2 Å². The minimum atomic E-state index is -0.619. The molecule has 0 radical (unpaired) electrons. The van der Waals surface area contributed by atoms with Crippen LogP contribution in [0.4, 0.5) is 0 Å². The number of likely N-dealkylation sites (N-methyl/N-ethyl adjacent to an activating group) is 1. The third-order valence-corrected chi connectivity index (χ3v) is 2.64. The third-order valence-electron chi connectivity index (χ3n) is 2.64. The Kier molecular flexibility index (Phi) is 5.40. The van der Waals surface area contributed by atoms with Gasteiger partial charge in [-0.2, -0.15) is 0 Å². The molecule has 0 aromatic heterocycles. The average Bonchev–Trinajstić information content (AvgIpc) is 3.01. The molecule has 1 aliphatic rings. The summed E-state index contributed by atoms with van der Waals surface area (Å²) >= 11 is 0. The summed E-state index contributed by atoms with van der Waals surface area (Å²) in [6.45, 7) is 5.54. The number of hydrogen-bond donors (Lipinski definition) is 3. The van der Waals surface area contributed by atoms with Crippen molar-refractivity contribution in [2.45, 2.75) is 31.9 Å². The quantitative estimate of drug-likeness (QED) is 0.461. The van der Waals surface area contributed by atoms with E-state index in [0.717, 1.165) is 25.7 Å². The zero-order valence-corrected chi connectivity index (χ0v) is 8.95. The molecule has 0 saturated heterocycles. The summed E-state index contributed by atoms with van der Waals surface area (Å²) in [6, 6.07) is 0.810. The highest BCUT2D eigenvalue weighted by Crippen LogP contribution is 2.25. The molecule has 1 rings (SSSR count). The molecule has 1 atom stereocenters. The van der Waals surface area contributed by atoms with E-state index in [1.807, 2.05) is 0 Å². The fourth-order valence-corrected chi connectivity index (χ4v) is 1.59. The predicted octanol–water partition coefficient (Wildman–Crippen LogP) is -0.586. The van der Waals surface area contributed by atoms with Gasteiger partial charge in [-0.25, -0.2) is 0 Å². The lowest BCUT2D eigenvalue weighted by atomic mass is 10.3. The van der Waals surface area contributed by atoms with E-state index in [-0.39, 0.29) is 6.61 Å². The molecule has 1 fully saturated rings. The standard InChI is InChI=1S/C10H22N2O2/c1-2-12(9-3-4-9)6-5-11-7-10(14)8-13/h9-11,13-14H,2-8H2,1H3. The molecule has 0 aromatic carbocycles. The van der Waals surface area contributed by atoms with Gasteiger partial charge < -0.3 is 15.5 Å². The van der Waals surface area contributed by atoms with Gasteiger partial charge >= 0.3 is 0 Å². The predicted molar refractivity (Wildman–Crippen MR) is 56.2 cm³/mol. The Balaban J connectivity index is 1.96. The Morgan fingerprint density at radius 2 is 2.21 bits per heavy atom. The molecular formula is C10H22N2O2. The van der Waals surface area contributed by atoms with Gasteiger partial charge in [0.25, 0.3) is 0 Å². The number of hydrogen-bond acceptors (Lipinski definition) is 4. The Labute approximate surface area is 85.9 Å². The van der Waals surface area contributed by atoms with Gasteiger partial charge in [-0.15, -0.1) is 0 Å². The maximum Gasteiger partial charge on any atom is 0.0894 e. The van der Waals surface area contributed by atoms with Crippen molar-refractivity contribution in [2.75, 3.05) is 32.8 Å². The van der Waals surface area contributed by atoms with E-state index in [2.05, 4.69) is 17.1 Å². The van der Waals surface area contributed by atoms with Gasteiger partial charge in [0.2, 0.25) is 0 Å². The number of aliphatic hydroxyl groups excluding tert-OH is 2. The van der Waals surface area contributed by atoms with Gasteiger partial charge in [-0.3, -0.25) is 4.90 Å². The van der Waals surface area contributed by atoms with Gasteiger partial charge in [0, 0.05) is 25.7 Å². The molecule has 0 heterocycles. The monoisotopic (exact) mass is 202 g/mol. The maximum atomic E-state index is 9.08. The highest BCUT2D eigenvalue weighted by molar-refractivity contribution is 4.83. The average molecular weight is 202 g/mol. The van der Waals surface area contributed by atoms with Crippen LogP contribution in [0.2, 0.25) is 0 Å². The van der Waals surface area contributed by atoms with Crippen molar-refractivity contribution in [3.63, 3.8) is 0 Å². The second-order valence-electron chi connectivity index (χ2n) is 3.90. The van der Waals surface area contributed by atoms with Crippen molar-refractivity contribution in [1.82, 2.24) is 10.2 Å². The third kappa shape index (κ3) is 4.37. The topological polar surface area (TPSA) is 55.7 Å². The van der Waals surface area contributed by atoms with Gasteiger partial charge in [-0.1, -0.05) is 6.92 Å². The summed E-state index contributed by atoms with van der Waals surface area (Å²) in [6.07, 6.45) is 2.06. The Hall–Kier alpha value is -0.160. The van der Waals surface area contributed by atoms with Gasteiger partial charge in [-0.05, 0) is 19.4 Å². The second-order valence-corrected chi connectivity index (χ2v) is 3.90. The highest BCUT2D eigenvalue weighted by Gasteiger charge is 2.26. The first-order valence-electron chi connectivity index (χ1n) is 5.51. The van der Waals surface area contributed by atoms with Crippen LogP contribution in [0.3, 0.4) is 0 Å². The summed E-state index contributed by atoms with van der Waals surface area (Å²) in [5.41, 5.74) is 0. The fraction of sp³-hybridized carbons (Fsp3) is 1.00. The molecule has 1 aliphatic carbocycles. The van der Waals surface area contributed by atoms with Crippen LogP contribution in [-0.4, -0.2) is 60.0 Å². The van der Waals surface area contributed by atoms with Crippen LogP contribution in [0.25, 0.3) is 0 Å². The smallest absolute Gasteiger partial charge is 0.0894 e. The first-order chi connectivity index (χ1) is 6.77. The Morgan fingerprint density at radius 1 is 1.50 bits per heavy atom. The number of nitrogens with one attached hydrogen (secondary N) is 1. The van der Waals surface area contributed by atoms with Crippen molar-refractivity contribution in [2.24, 2.45) is 0 Å². The minimum Gasteiger partial charge on any atom is -0.394 e. The maximum absolute atomic E-state index is 9.08. The van der Waals surface area contributed by atoms with Gasteiger partial charge in [0.15, 0.2) is 0 Å². The molecule has 1 saturated carbocycles. The first-order valence-corrected chi connectivity index (χ1v) is 5.51. The molecule has 0 aromatic rings. The Morgan fingerprint density at radius 3 is 2.71 bits per heavy atom. The van der Waals surface area contributed by atoms with Crippen molar-refractivity contribution >= 4 is 0 Å². The van der Waals surface area contributed by atoms with Crippen LogP contribution in [0, 0.1) is 0 Å². The molecule has 4 nitrogen and oxygen atoms in total. The molecular weight excluding hydrogens is 180 g/mol. The lowest BCUT2D eigenvalue weighted by Crippen LogP contribution is -2.37. The van der Waals surface area contributed by atoms with Gasteiger partial charge in [0.05, 0.1) is 12.7 Å². The van der Waals surface area contributed by atoms with Crippen LogP contribution >= 0.6 is 0 Å². The summed E-state index contributed by atoms with van der Waals surface area (Å²) in [5, 5.41) is 20.8. The minimum absolute atomic E-state index is 0.160. The van der Waals surface area contributed by atoms with Crippen molar-refractivity contribution in [1.29, 1.82) is 0 Å². The van der Waals surface area contributed by atoms with Crippen molar-refractivity contribution in [3.8, 4) is 0 Å². The largest absolute Gasteiger partial charge is 0.394 e. The summed E-state index contributed by atoms with van der Waals surface area (Å²) < 4.78 is 0. The zero-order valence-electron chi connectivity index (χ0n) is 8.95. The van der Waals surface area contributed by atoms with Crippen LogP contribution in [-0.2, 0) is 0 Å². The Bertz CT molecular complexity index is 151. The molecule has 14 heavy (non-hydrogen) atoms. The van der Waals surface area contributed by atoms with Gasteiger partial charge in [0.1, 0.15) is 0 Å². The summed E-state index contributed by atoms with van der Waals surface area (Å²) in [4.78, 5) is 2.46. The fourth-order valence-electron chi connectivity index (χ4n) is 1.59. The molecule has 0 amide bonds. The molecule has 0 bridgehead atoms. The van der Waals surface area contributed by atoms with Crippen LogP contribution in [0.1, 0.15) is 19.8 Å². The van der Waals surface area contributed by atoms with E-state index >= 15 is 0 Å². The van der Waals surface area contributed by atoms with E-state index in [1.54, 1.807) is 0 Å².